The number of aromatic nitrogens is 2. The van der Waals surface area contributed by atoms with E-state index in [9.17, 15) is 4.39 Å². The molecule has 33 heavy (non-hydrogen) atoms. The Morgan fingerprint density at radius 1 is 1.09 bits per heavy atom. The van der Waals surface area contributed by atoms with Crippen molar-refractivity contribution in [3.8, 4) is 34.6 Å². The smallest absolute Gasteiger partial charge is 0.284 e. The monoisotopic (exact) mass is 442 g/mol. The highest BCUT2D eigenvalue weighted by Gasteiger charge is 2.54. The zero-order valence-electron chi connectivity index (χ0n) is 17.7. The molecule has 5 heterocycles. The zero-order chi connectivity index (χ0) is 22.6. The third-order valence-corrected chi connectivity index (χ3v) is 6.10. The van der Waals surface area contributed by atoms with Crippen LogP contribution in [0.4, 0.5) is 4.39 Å². The van der Waals surface area contributed by atoms with Crippen molar-refractivity contribution < 1.29 is 18.6 Å². The summed E-state index contributed by atoms with van der Waals surface area (Å²) in [6.45, 7) is 3.14. The normalized spacial score (nSPS) is 23.7. The summed E-state index contributed by atoms with van der Waals surface area (Å²) in [5.41, 5.74) is 7.07. The van der Waals surface area contributed by atoms with Crippen LogP contribution in [0.5, 0.6) is 11.6 Å². The Labute approximate surface area is 189 Å². The summed E-state index contributed by atoms with van der Waals surface area (Å²) in [5, 5.41) is 0. The van der Waals surface area contributed by atoms with Crippen LogP contribution in [0, 0.1) is 23.2 Å². The van der Waals surface area contributed by atoms with Gasteiger partial charge in [0.15, 0.2) is 11.6 Å². The van der Waals surface area contributed by atoms with E-state index in [1.807, 2.05) is 19.1 Å². The van der Waals surface area contributed by atoms with E-state index in [0.717, 1.165) is 0 Å². The van der Waals surface area contributed by atoms with Crippen molar-refractivity contribution in [2.24, 2.45) is 16.1 Å². The number of fused-ring (bicyclic) bond motifs is 4. The number of amidine groups is 1. The molecule has 1 aromatic carbocycles. The number of nitrogens with zero attached hydrogens (tertiary/aromatic N) is 3. The molecule has 3 aliphatic rings. The van der Waals surface area contributed by atoms with Crippen LogP contribution in [0.2, 0.25) is 0 Å². The van der Waals surface area contributed by atoms with Crippen LogP contribution in [-0.2, 0) is 15.0 Å². The Kier molecular flexibility index (Phi) is 4.19. The van der Waals surface area contributed by atoms with Gasteiger partial charge in [0.25, 0.3) is 6.02 Å². The Balaban J connectivity index is 1.58. The van der Waals surface area contributed by atoms with Gasteiger partial charge in [-0.15, -0.1) is 0 Å². The standard InChI is InChI=1S/C25H19FN4O3/c1-24(13-31-14-24)9-8-20-25(30-23(27)33-20)17-5-3-11-29-22(17)32-19-7-6-15(12-18(19)25)16-4-2-10-28-21(16)26/h2-7,10-12,20H,13-14H2,1H3,(H2,27,30)/t20?,25-/m1/s1. The third-order valence-electron chi connectivity index (χ3n) is 6.10. The number of nitrogens with two attached hydrogens (primary N) is 1. The highest BCUT2D eigenvalue weighted by molar-refractivity contribution is 5.79. The Bertz CT molecular complexity index is 1380. The number of rotatable bonds is 1. The topological polar surface area (TPSA) is 91.9 Å². The number of hydrogen-bond donors (Lipinski definition) is 1. The number of halogens is 1. The molecule has 1 saturated heterocycles. The van der Waals surface area contributed by atoms with E-state index in [1.165, 1.54) is 6.20 Å². The lowest BCUT2D eigenvalue weighted by molar-refractivity contribution is -0.0650. The molecule has 7 nitrogen and oxygen atoms in total. The molecular weight excluding hydrogens is 423 g/mol. The van der Waals surface area contributed by atoms with Gasteiger partial charge in [0.05, 0.1) is 24.2 Å². The van der Waals surface area contributed by atoms with Gasteiger partial charge < -0.3 is 19.9 Å². The minimum absolute atomic E-state index is 0.0185. The first kappa shape index (κ1) is 19.7. The minimum atomic E-state index is -1.12. The highest BCUT2D eigenvalue weighted by Crippen LogP contribution is 2.53. The Morgan fingerprint density at radius 2 is 1.91 bits per heavy atom. The van der Waals surface area contributed by atoms with E-state index in [4.69, 9.17) is 24.9 Å². The summed E-state index contributed by atoms with van der Waals surface area (Å²) in [4.78, 5) is 12.9. The first-order valence-corrected chi connectivity index (χ1v) is 10.5. The van der Waals surface area contributed by atoms with E-state index in [-0.39, 0.29) is 11.4 Å². The maximum absolute atomic E-state index is 14.5. The molecule has 6 rings (SSSR count). The maximum Gasteiger partial charge on any atom is 0.284 e. The van der Waals surface area contributed by atoms with Gasteiger partial charge in [0, 0.05) is 23.5 Å². The predicted molar refractivity (Wildman–Crippen MR) is 118 cm³/mol. The number of ether oxygens (including phenoxy) is 3. The molecule has 1 fully saturated rings. The molecule has 2 N–H and O–H groups in total. The predicted octanol–water partition coefficient (Wildman–Crippen LogP) is 3.39. The lowest BCUT2D eigenvalue weighted by Crippen LogP contribution is -2.41. The molecule has 0 radical (unpaired) electrons. The lowest BCUT2D eigenvalue weighted by Gasteiger charge is -2.36. The first-order chi connectivity index (χ1) is 16.0. The molecule has 8 heteroatoms. The molecule has 3 aliphatic heterocycles. The third kappa shape index (κ3) is 2.97. The summed E-state index contributed by atoms with van der Waals surface area (Å²) in [5.74, 6) is 6.90. The van der Waals surface area contributed by atoms with Gasteiger partial charge in [-0.25, -0.2) is 15.0 Å². The van der Waals surface area contributed by atoms with Crippen molar-refractivity contribution in [3.05, 3.63) is 71.9 Å². The van der Waals surface area contributed by atoms with Crippen LogP contribution in [0.25, 0.3) is 11.1 Å². The summed E-state index contributed by atoms with van der Waals surface area (Å²) in [6, 6.07) is 12.4. The van der Waals surface area contributed by atoms with Gasteiger partial charge in [-0.3, -0.25) is 0 Å². The largest absolute Gasteiger partial charge is 0.445 e. The van der Waals surface area contributed by atoms with Gasteiger partial charge in [-0.2, -0.15) is 4.39 Å². The molecule has 0 amide bonds. The van der Waals surface area contributed by atoms with Crippen molar-refractivity contribution in [3.63, 3.8) is 0 Å². The lowest BCUT2D eigenvalue weighted by atomic mass is 9.76. The second-order valence-electron chi connectivity index (χ2n) is 8.55. The quantitative estimate of drug-likeness (QED) is 0.459. The fourth-order valence-electron chi connectivity index (χ4n) is 4.42. The van der Waals surface area contributed by atoms with Crippen molar-refractivity contribution in [2.75, 3.05) is 13.2 Å². The second-order valence-corrected chi connectivity index (χ2v) is 8.55. The van der Waals surface area contributed by atoms with Gasteiger partial charge >= 0.3 is 0 Å². The van der Waals surface area contributed by atoms with Crippen LogP contribution in [-0.4, -0.2) is 35.3 Å². The summed E-state index contributed by atoms with van der Waals surface area (Å²) < 4.78 is 31.9. The van der Waals surface area contributed by atoms with Gasteiger partial charge in [0.1, 0.15) is 5.75 Å². The van der Waals surface area contributed by atoms with E-state index in [0.29, 0.717) is 47.1 Å². The molecule has 2 aromatic heterocycles. The fraction of sp³-hybridized carbons (Fsp3) is 0.240. The molecule has 3 aromatic rings. The van der Waals surface area contributed by atoms with E-state index in [1.54, 1.807) is 36.5 Å². The van der Waals surface area contributed by atoms with Crippen LogP contribution in [0.1, 0.15) is 18.1 Å². The van der Waals surface area contributed by atoms with E-state index >= 15 is 0 Å². The van der Waals surface area contributed by atoms with E-state index in [2.05, 4.69) is 21.8 Å². The molecule has 0 saturated carbocycles. The molecule has 2 atom stereocenters. The minimum Gasteiger partial charge on any atom is -0.445 e. The van der Waals surface area contributed by atoms with Crippen LogP contribution < -0.4 is 10.5 Å². The highest BCUT2D eigenvalue weighted by atomic mass is 19.1. The molecule has 0 bridgehead atoms. The average molecular weight is 442 g/mol. The number of pyridine rings is 2. The molecular formula is C25H19FN4O3. The molecule has 1 unspecified atom stereocenters. The average Bonchev–Trinajstić information content (AvgIpc) is 3.13. The Morgan fingerprint density at radius 3 is 2.70 bits per heavy atom. The summed E-state index contributed by atoms with van der Waals surface area (Å²) in [6.07, 6.45) is 2.33. The molecule has 1 spiro atoms. The second kappa shape index (κ2) is 7.02. The molecule has 164 valence electrons. The zero-order valence-corrected chi connectivity index (χ0v) is 17.7. The Hall–Kier alpha value is -3.96. The van der Waals surface area contributed by atoms with E-state index < -0.39 is 17.6 Å². The van der Waals surface area contributed by atoms with Crippen molar-refractivity contribution in [2.45, 2.75) is 18.6 Å². The van der Waals surface area contributed by atoms with Crippen molar-refractivity contribution >= 4 is 6.02 Å². The van der Waals surface area contributed by atoms with Crippen LogP contribution in [0.15, 0.2) is 59.9 Å². The fourth-order valence-corrected chi connectivity index (χ4v) is 4.42. The van der Waals surface area contributed by atoms with Crippen LogP contribution >= 0.6 is 0 Å². The van der Waals surface area contributed by atoms with Crippen LogP contribution in [0.3, 0.4) is 0 Å². The SMILES string of the molecule is CC1(C#CC2OC(N)=N[C@]23c2cc(-c4cccnc4F)ccc2Oc2ncccc23)COC1. The molecule has 0 aliphatic carbocycles. The van der Waals surface area contributed by atoms with Crippen molar-refractivity contribution in [1.82, 2.24) is 9.97 Å². The van der Waals surface area contributed by atoms with Gasteiger partial charge in [0.2, 0.25) is 11.8 Å². The maximum atomic E-state index is 14.5. The summed E-state index contributed by atoms with van der Waals surface area (Å²) >= 11 is 0. The first-order valence-electron chi connectivity index (χ1n) is 10.5. The number of benzene rings is 1. The van der Waals surface area contributed by atoms with Gasteiger partial charge in [-0.1, -0.05) is 17.9 Å². The number of aliphatic imine (C=N–C) groups is 1. The number of hydrogen-bond acceptors (Lipinski definition) is 7. The summed E-state index contributed by atoms with van der Waals surface area (Å²) in [7, 11) is 0. The van der Waals surface area contributed by atoms with Crippen molar-refractivity contribution in [1.29, 1.82) is 0 Å². The van der Waals surface area contributed by atoms with Gasteiger partial charge in [-0.05, 0) is 48.9 Å².